The van der Waals surface area contributed by atoms with Gasteiger partial charge in [0.15, 0.2) is 0 Å². The monoisotopic (exact) mass is 412 g/mol. The summed E-state index contributed by atoms with van der Waals surface area (Å²) in [4.78, 5) is 12.1. The van der Waals surface area contributed by atoms with E-state index >= 15 is 0 Å². The number of ether oxygens (including phenoxy) is 1. The molecule has 138 valence electrons. The molecule has 3 rings (SSSR count). The van der Waals surface area contributed by atoms with Gasteiger partial charge in [0.2, 0.25) is 0 Å². The van der Waals surface area contributed by atoms with Gasteiger partial charge in [-0.05, 0) is 50.2 Å². The lowest BCUT2D eigenvalue weighted by molar-refractivity contribution is 0.414. The quantitative estimate of drug-likeness (QED) is 0.684. The SMILES string of the molecule is COc1ccc(S(=O)(=O)Nc2ccc3c(c2)sc(=O)n3C(C)C)cc1Cl. The van der Waals surface area contributed by atoms with E-state index < -0.39 is 10.0 Å². The van der Waals surface area contributed by atoms with E-state index in [2.05, 4.69) is 4.72 Å². The average Bonchev–Trinajstić information content (AvgIpc) is 2.89. The van der Waals surface area contributed by atoms with Crippen molar-refractivity contribution in [3.05, 3.63) is 51.1 Å². The summed E-state index contributed by atoms with van der Waals surface area (Å²) >= 11 is 7.10. The molecule has 0 bridgehead atoms. The summed E-state index contributed by atoms with van der Waals surface area (Å²) in [6.45, 7) is 3.86. The third kappa shape index (κ3) is 3.44. The predicted octanol–water partition coefficient (Wildman–Crippen LogP) is 4.11. The van der Waals surface area contributed by atoms with Gasteiger partial charge in [-0.1, -0.05) is 22.9 Å². The molecular weight excluding hydrogens is 396 g/mol. The fourth-order valence-corrected chi connectivity index (χ4v) is 5.07. The Morgan fingerprint density at radius 3 is 2.54 bits per heavy atom. The van der Waals surface area contributed by atoms with Crippen LogP contribution in [0.1, 0.15) is 19.9 Å². The van der Waals surface area contributed by atoms with Crippen molar-refractivity contribution in [2.75, 3.05) is 11.8 Å². The molecule has 0 amide bonds. The summed E-state index contributed by atoms with van der Waals surface area (Å²) in [5, 5.41) is 0.207. The smallest absolute Gasteiger partial charge is 0.308 e. The minimum atomic E-state index is -3.82. The second kappa shape index (κ2) is 6.94. The van der Waals surface area contributed by atoms with Crippen LogP contribution in [-0.2, 0) is 10.0 Å². The van der Waals surface area contributed by atoms with Crippen LogP contribution in [0, 0.1) is 0 Å². The van der Waals surface area contributed by atoms with E-state index in [4.69, 9.17) is 16.3 Å². The van der Waals surface area contributed by atoms with Crippen LogP contribution in [0.4, 0.5) is 5.69 Å². The Hall–Kier alpha value is -2.03. The normalized spacial score (nSPS) is 11.9. The number of methoxy groups -OCH3 is 1. The fraction of sp³-hybridized carbons (Fsp3) is 0.235. The summed E-state index contributed by atoms with van der Waals surface area (Å²) in [6.07, 6.45) is 0. The molecule has 0 unspecified atom stereocenters. The number of nitrogens with one attached hydrogen (secondary N) is 1. The van der Waals surface area contributed by atoms with Crippen molar-refractivity contribution >= 4 is 48.9 Å². The zero-order valence-corrected chi connectivity index (χ0v) is 16.7. The minimum Gasteiger partial charge on any atom is -0.495 e. The number of thiazole rings is 1. The summed E-state index contributed by atoms with van der Waals surface area (Å²) in [5.41, 5.74) is 1.16. The van der Waals surface area contributed by atoms with Crippen LogP contribution in [-0.4, -0.2) is 20.1 Å². The zero-order valence-electron chi connectivity index (χ0n) is 14.3. The second-order valence-electron chi connectivity index (χ2n) is 5.92. The van der Waals surface area contributed by atoms with E-state index in [0.29, 0.717) is 11.4 Å². The number of benzene rings is 2. The van der Waals surface area contributed by atoms with E-state index in [9.17, 15) is 13.2 Å². The van der Waals surface area contributed by atoms with Crippen LogP contribution < -0.4 is 14.3 Å². The van der Waals surface area contributed by atoms with Crippen molar-refractivity contribution in [3.63, 3.8) is 0 Å². The molecule has 6 nitrogen and oxygen atoms in total. The maximum absolute atomic E-state index is 12.6. The molecule has 0 spiro atoms. The molecule has 2 aromatic carbocycles. The third-order valence-corrected chi connectivity index (χ3v) is 6.41. The zero-order chi connectivity index (χ0) is 19.1. The van der Waals surface area contributed by atoms with E-state index in [1.165, 1.54) is 25.3 Å². The number of halogens is 1. The van der Waals surface area contributed by atoms with Gasteiger partial charge in [0.1, 0.15) is 5.75 Å². The van der Waals surface area contributed by atoms with Crippen LogP contribution in [0.25, 0.3) is 10.2 Å². The number of hydrogen-bond acceptors (Lipinski definition) is 5. The van der Waals surface area contributed by atoms with Crippen LogP contribution in [0.3, 0.4) is 0 Å². The average molecular weight is 413 g/mol. The Labute approximate surface area is 160 Å². The van der Waals surface area contributed by atoms with Gasteiger partial charge in [0.05, 0.1) is 32.9 Å². The standard InChI is InChI=1S/C17H17ClN2O4S2/c1-10(2)20-14-6-4-11(8-16(14)25-17(20)21)19-26(22,23)12-5-7-15(24-3)13(18)9-12/h4-10,19H,1-3H3. The van der Waals surface area contributed by atoms with Crippen molar-refractivity contribution in [2.45, 2.75) is 24.8 Å². The van der Waals surface area contributed by atoms with Crippen molar-refractivity contribution in [1.29, 1.82) is 0 Å². The topological polar surface area (TPSA) is 77.4 Å². The number of aromatic nitrogens is 1. The Kier molecular flexibility index (Phi) is 5.01. The first-order valence-electron chi connectivity index (χ1n) is 7.74. The highest BCUT2D eigenvalue weighted by molar-refractivity contribution is 7.92. The van der Waals surface area contributed by atoms with E-state index in [-0.39, 0.29) is 20.8 Å². The molecule has 9 heteroatoms. The summed E-state index contributed by atoms with van der Waals surface area (Å²) < 4.78 is 35.1. The number of rotatable bonds is 5. The molecule has 0 aliphatic heterocycles. The molecule has 1 aromatic heterocycles. The molecule has 0 aliphatic rings. The third-order valence-electron chi connectivity index (χ3n) is 3.82. The van der Waals surface area contributed by atoms with Crippen LogP contribution in [0.2, 0.25) is 5.02 Å². The van der Waals surface area contributed by atoms with Gasteiger partial charge in [0, 0.05) is 6.04 Å². The molecular formula is C17H17ClN2O4S2. The van der Waals surface area contributed by atoms with E-state index in [1.54, 1.807) is 22.8 Å². The van der Waals surface area contributed by atoms with Gasteiger partial charge >= 0.3 is 4.87 Å². The maximum atomic E-state index is 12.6. The van der Waals surface area contributed by atoms with Gasteiger partial charge in [-0.15, -0.1) is 0 Å². The summed E-state index contributed by atoms with van der Waals surface area (Å²) in [5.74, 6) is 0.395. The highest BCUT2D eigenvalue weighted by Crippen LogP contribution is 2.29. The van der Waals surface area contributed by atoms with Gasteiger partial charge in [-0.3, -0.25) is 14.1 Å². The second-order valence-corrected chi connectivity index (χ2v) is 9.00. The Balaban J connectivity index is 1.97. The molecule has 0 aliphatic carbocycles. The number of anilines is 1. The fourth-order valence-electron chi connectivity index (χ4n) is 2.62. The number of hydrogen-bond donors (Lipinski definition) is 1. The van der Waals surface area contributed by atoms with Gasteiger partial charge in [-0.25, -0.2) is 8.42 Å². The molecule has 0 fully saturated rings. The lowest BCUT2D eigenvalue weighted by atomic mass is 10.3. The van der Waals surface area contributed by atoms with Gasteiger partial charge in [-0.2, -0.15) is 0 Å². The Morgan fingerprint density at radius 1 is 1.19 bits per heavy atom. The Morgan fingerprint density at radius 2 is 1.92 bits per heavy atom. The van der Waals surface area contributed by atoms with Gasteiger partial charge < -0.3 is 4.74 Å². The molecule has 0 atom stereocenters. The first kappa shape index (κ1) is 18.8. The van der Waals surface area contributed by atoms with Crippen LogP contribution in [0.5, 0.6) is 5.75 Å². The summed E-state index contributed by atoms with van der Waals surface area (Å²) in [7, 11) is -2.36. The highest BCUT2D eigenvalue weighted by Gasteiger charge is 2.17. The molecule has 0 saturated carbocycles. The van der Waals surface area contributed by atoms with Crippen molar-refractivity contribution < 1.29 is 13.2 Å². The van der Waals surface area contributed by atoms with E-state index in [1.807, 2.05) is 13.8 Å². The minimum absolute atomic E-state index is 0.0244. The van der Waals surface area contributed by atoms with Crippen LogP contribution >= 0.6 is 22.9 Å². The molecule has 0 radical (unpaired) electrons. The predicted molar refractivity (Wildman–Crippen MR) is 105 cm³/mol. The van der Waals surface area contributed by atoms with Gasteiger partial charge in [0.25, 0.3) is 10.0 Å². The van der Waals surface area contributed by atoms with E-state index in [0.717, 1.165) is 21.6 Å². The van der Waals surface area contributed by atoms with Crippen LogP contribution in [0.15, 0.2) is 46.1 Å². The number of fused-ring (bicyclic) bond motifs is 1. The molecule has 1 N–H and O–H groups in total. The molecule has 0 saturated heterocycles. The molecule has 26 heavy (non-hydrogen) atoms. The first-order valence-corrected chi connectivity index (χ1v) is 10.4. The number of sulfonamides is 1. The van der Waals surface area contributed by atoms with Crippen molar-refractivity contribution in [3.8, 4) is 5.75 Å². The van der Waals surface area contributed by atoms with Crippen molar-refractivity contribution in [1.82, 2.24) is 4.57 Å². The van der Waals surface area contributed by atoms with Crippen molar-refractivity contribution in [2.24, 2.45) is 0 Å². The Bertz CT molecular complexity index is 1130. The summed E-state index contributed by atoms with van der Waals surface area (Å²) in [6, 6.07) is 9.30. The lowest BCUT2D eigenvalue weighted by Crippen LogP contribution is -2.14. The largest absolute Gasteiger partial charge is 0.495 e. The lowest BCUT2D eigenvalue weighted by Gasteiger charge is -2.11. The highest BCUT2D eigenvalue weighted by atomic mass is 35.5. The first-order chi connectivity index (χ1) is 12.2. The molecule has 3 aromatic rings. The maximum Gasteiger partial charge on any atom is 0.308 e. The number of nitrogens with zero attached hydrogens (tertiary/aromatic N) is 1. The molecule has 1 heterocycles.